The normalized spacial score (nSPS) is 22.8. The smallest absolute Gasteiger partial charge is 0.232 e. The third-order valence-electron chi connectivity index (χ3n) is 4.47. The zero-order valence-electron chi connectivity index (χ0n) is 12.9. The van der Waals surface area contributed by atoms with Gasteiger partial charge in [0.1, 0.15) is 5.60 Å². The van der Waals surface area contributed by atoms with Gasteiger partial charge in [-0.2, -0.15) is 11.8 Å². The molecule has 1 aromatic rings. The molecule has 120 valence electrons. The van der Waals surface area contributed by atoms with Crippen LogP contribution in [0.3, 0.4) is 0 Å². The van der Waals surface area contributed by atoms with Crippen LogP contribution in [-0.2, 0) is 20.9 Å². The molecule has 0 saturated carbocycles. The van der Waals surface area contributed by atoms with Crippen molar-refractivity contribution in [3.05, 3.63) is 30.1 Å². The van der Waals surface area contributed by atoms with Crippen LogP contribution in [0.2, 0.25) is 0 Å². The highest BCUT2D eigenvalue weighted by molar-refractivity contribution is 7.99. The summed E-state index contributed by atoms with van der Waals surface area (Å²) in [5.74, 6) is 1.15. The molecule has 2 aliphatic rings. The zero-order valence-corrected chi connectivity index (χ0v) is 13.7. The zero-order chi connectivity index (χ0) is 15.4. The van der Waals surface area contributed by atoms with Crippen LogP contribution in [0.4, 0.5) is 0 Å². The monoisotopic (exact) mass is 322 g/mol. The first-order valence-corrected chi connectivity index (χ1v) is 9.00. The molecule has 0 bridgehead atoms. The lowest BCUT2D eigenvalue weighted by molar-refractivity contribution is -0.166. The fraction of sp³-hybridized carbons (Fsp3) is 0.625. The van der Waals surface area contributed by atoms with E-state index < -0.39 is 0 Å². The van der Waals surface area contributed by atoms with Crippen molar-refractivity contribution >= 4 is 17.7 Å². The molecule has 22 heavy (non-hydrogen) atoms. The number of likely N-dealkylation sites (tertiary alicyclic amines) is 1. The fourth-order valence-electron chi connectivity index (χ4n) is 3.16. The number of carbonyl (C=O) groups excluding carboxylic acids is 1. The van der Waals surface area contributed by atoms with Crippen LogP contribution in [0.15, 0.2) is 24.5 Å². The number of ether oxygens (including phenoxy) is 2. The van der Waals surface area contributed by atoms with Crippen molar-refractivity contribution in [2.75, 3.05) is 38.3 Å². The lowest BCUT2D eigenvalue weighted by atomic mass is 9.81. The van der Waals surface area contributed by atoms with E-state index in [-0.39, 0.29) is 11.5 Å². The van der Waals surface area contributed by atoms with Crippen LogP contribution in [-0.4, -0.2) is 59.7 Å². The number of hydrogen-bond donors (Lipinski definition) is 0. The SMILES string of the molecule is CSCC(=O)N1CC2(C1)OCC[C@H]2COCc1ccncc1. The van der Waals surface area contributed by atoms with E-state index in [1.165, 1.54) is 0 Å². The van der Waals surface area contributed by atoms with Gasteiger partial charge < -0.3 is 14.4 Å². The second-order valence-electron chi connectivity index (χ2n) is 5.95. The summed E-state index contributed by atoms with van der Waals surface area (Å²) in [5, 5.41) is 0. The number of thioether (sulfide) groups is 1. The largest absolute Gasteiger partial charge is 0.376 e. The van der Waals surface area contributed by atoms with Gasteiger partial charge in [-0.3, -0.25) is 9.78 Å². The molecule has 0 unspecified atom stereocenters. The average Bonchev–Trinajstić information content (AvgIpc) is 2.91. The summed E-state index contributed by atoms with van der Waals surface area (Å²) in [6.45, 7) is 3.50. The summed E-state index contributed by atoms with van der Waals surface area (Å²) in [7, 11) is 0. The van der Waals surface area contributed by atoms with Gasteiger partial charge in [-0.25, -0.2) is 0 Å². The number of rotatable bonds is 6. The maximum Gasteiger partial charge on any atom is 0.232 e. The highest BCUT2D eigenvalue weighted by Crippen LogP contribution is 2.40. The van der Waals surface area contributed by atoms with Gasteiger partial charge in [0, 0.05) is 24.9 Å². The summed E-state index contributed by atoms with van der Waals surface area (Å²) < 4.78 is 11.8. The van der Waals surface area contributed by atoms with E-state index in [2.05, 4.69) is 4.98 Å². The maximum atomic E-state index is 11.9. The van der Waals surface area contributed by atoms with Gasteiger partial charge in [0.25, 0.3) is 0 Å². The van der Waals surface area contributed by atoms with Gasteiger partial charge >= 0.3 is 0 Å². The van der Waals surface area contributed by atoms with Crippen LogP contribution in [0.5, 0.6) is 0 Å². The van der Waals surface area contributed by atoms with Gasteiger partial charge in [-0.05, 0) is 30.4 Å². The molecule has 0 radical (unpaired) electrons. The van der Waals surface area contributed by atoms with E-state index in [0.29, 0.717) is 24.9 Å². The number of carbonyl (C=O) groups is 1. The Kier molecular flexibility index (Phi) is 5.00. The molecule has 0 aromatic carbocycles. The Bertz CT molecular complexity index is 505. The predicted octanol–water partition coefficient (Wildman–Crippen LogP) is 1.58. The Morgan fingerprint density at radius 2 is 2.27 bits per heavy atom. The lowest BCUT2D eigenvalue weighted by Gasteiger charge is -2.50. The lowest BCUT2D eigenvalue weighted by Crippen LogP contribution is -2.67. The predicted molar refractivity (Wildman–Crippen MR) is 85.6 cm³/mol. The van der Waals surface area contributed by atoms with Crippen LogP contribution in [0.1, 0.15) is 12.0 Å². The number of amides is 1. The van der Waals surface area contributed by atoms with Crippen LogP contribution >= 0.6 is 11.8 Å². The van der Waals surface area contributed by atoms with E-state index >= 15 is 0 Å². The Morgan fingerprint density at radius 1 is 1.50 bits per heavy atom. The molecule has 1 amide bonds. The van der Waals surface area contributed by atoms with Crippen molar-refractivity contribution in [3.63, 3.8) is 0 Å². The minimum absolute atomic E-state index is 0.160. The summed E-state index contributed by atoms with van der Waals surface area (Å²) in [6, 6.07) is 3.93. The molecular formula is C16H22N2O3S. The van der Waals surface area contributed by atoms with E-state index in [1.54, 1.807) is 24.2 Å². The van der Waals surface area contributed by atoms with Gasteiger partial charge in [0.15, 0.2) is 0 Å². The number of nitrogens with zero attached hydrogens (tertiary/aromatic N) is 2. The second-order valence-corrected chi connectivity index (χ2v) is 6.82. The molecule has 6 heteroatoms. The molecule has 1 aromatic heterocycles. The maximum absolute atomic E-state index is 11.9. The van der Waals surface area contributed by atoms with Crippen molar-refractivity contribution < 1.29 is 14.3 Å². The molecule has 1 spiro atoms. The van der Waals surface area contributed by atoms with Crippen molar-refractivity contribution in [2.24, 2.45) is 5.92 Å². The fourth-order valence-corrected chi connectivity index (χ4v) is 3.59. The topological polar surface area (TPSA) is 51.7 Å². The van der Waals surface area contributed by atoms with Gasteiger partial charge in [0.2, 0.25) is 5.91 Å². The van der Waals surface area contributed by atoms with Crippen molar-refractivity contribution in [1.82, 2.24) is 9.88 Å². The minimum Gasteiger partial charge on any atom is -0.376 e. The second kappa shape index (κ2) is 6.98. The van der Waals surface area contributed by atoms with Crippen LogP contribution < -0.4 is 0 Å². The molecule has 3 heterocycles. The van der Waals surface area contributed by atoms with Crippen molar-refractivity contribution in [1.29, 1.82) is 0 Å². The molecule has 0 N–H and O–H groups in total. The van der Waals surface area contributed by atoms with Crippen LogP contribution in [0, 0.1) is 5.92 Å². The number of pyridine rings is 1. The molecule has 2 fully saturated rings. The van der Waals surface area contributed by atoms with Gasteiger partial charge in [0.05, 0.1) is 32.1 Å². The molecule has 5 nitrogen and oxygen atoms in total. The highest BCUT2D eigenvalue weighted by Gasteiger charge is 2.54. The van der Waals surface area contributed by atoms with Gasteiger partial charge in [-0.1, -0.05) is 0 Å². The third kappa shape index (κ3) is 3.29. The molecule has 0 aliphatic carbocycles. The number of hydrogen-bond acceptors (Lipinski definition) is 5. The first kappa shape index (κ1) is 15.8. The molecule has 2 saturated heterocycles. The van der Waals surface area contributed by atoms with Crippen molar-refractivity contribution in [2.45, 2.75) is 18.6 Å². The molecule has 3 rings (SSSR count). The van der Waals surface area contributed by atoms with E-state index in [0.717, 1.165) is 31.7 Å². The molecule has 1 atom stereocenters. The third-order valence-corrected chi connectivity index (χ3v) is 5.01. The van der Waals surface area contributed by atoms with E-state index in [1.807, 2.05) is 23.3 Å². The van der Waals surface area contributed by atoms with E-state index in [4.69, 9.17) is 9.47 Å². The minimum atomic E-state index is -0.160. The Labute approximate surface area is 135 Å². The van der Waals surface area contributed by atoms with Crippen molar-refractivity contribution in [3.8, 4) is 0 Å². The van der Waals surface area contributed by atoms with Crippen LogP contribution in [0.25, 0.3) is 0 Å². The Hall–Kier alpha value is -1.11. The molecule has 2 aliphatic heterocycles. The quantitative estimate of drug-likeness (QED) is 0.796. The summed E-state index contributed by atoms with van der Waals surface area (Å²) in [4.78, 5) is 17.8. The number of aromatic nitrogens is 1. The Morgan fingerprint density at radius 3 is 3.00 bits per heavy atom. The first-order chi connectivity index (χ1) is 10.7. The van der Waals surface area contributed by atoms with E-state index in [9.17, 15) is 4.79 Å². The summed E-state index contributed by atoms with van der Waals surface area (Å²) in [6.07, 6.45) is 6.52. The Balaban J connectivity index is 1.47. The summed E-state index contributed by atoms with van der Waals surface area (Å²) in [5.41, 5.74) is 0.972. The average molecular weight is 322 g/mol. The standard InChI is InChI=1S/C16H22N2O3S/c1-22-10-15(19)18-11-16(12-18)14(4-7-21-16)9-20-8-13-2-5-17-6-3-13/h2-3,5-6,14H,4,7-12H2,1H3/t14-/m0/s1. The first-order valence-electron chi connectivity index (χ1n) is 7.61. The van der Waals surface area contributed by atoms with Gasteiger partial charge in [-0.15, -0.1) is 0 Å². The summed E-state index contributed by atoms with van der Waals surface area (Å²) >= 11 is 1.57. The highest BCUT2D eigenvalue weighted by atomic mass is 32.2. The molecular weight excluding hydrogens is 300 g/mol.